The third kappa shape index (κ3) is 6.92. The van der Waals surface area contributed by atoms with Gasteiger partial charge in [0, 0.05) is 36.4 Å². The second-order valence-electron chi connectivity index (χ2n) is 8.22. The molecule has 0 fully saturated rings. The minimum absolute atomic E-state index is 0.0699. The number of benzene rings is 4. The topological polar surface area (TPSA) is 208 Å². The van der Waals surface area contributed by atoms with Crippen molar-refractivity contribution in [3.63, 3.8) is 0 Å². The third-order valence-electron chi connectivity index (χ3n) is 5.41. The van der Waals surface area contributed by atoms with Crippen LogP contribution in [0.1, 0.15) is 31.1 Å². The number of hydrogen-bond acceptors (Lipinski definition) is 12. The van der Waals surface area contributed by atoms with Gasteiger partial charge in [0.05, 0.1) is 31.5 Å². The van der Waals surface area contributed by atoms with Crippen LogP contribution in [0.25, 0.3) is 0 Å². The van der Waals surface area contributed by atoms with Crippen molar-refractivity contribution in [1.82, 2.24) is 0 Å². The van der Waals surface area contributed by atoms with Gasteiger partial charge in [0.15, 0.2) is 0 Å². The third-order valence-corrected chi connectivity index (χ3v) is 5.41. The highest BCUT2D eigenvalue weighted by atomic mass is 16.6. The number of nitro groups is 3. The smallest absolute Gasteiger partial charge is 0.343 e. The maximum Gasteiger partial charge on any atom is 0.343 e. The lowest BCUT2D eigenvalue weighted by Gasteiger charge is -2.10. The van der Waals surface area contributed by atoms with E-state index in [1.54, 1.807) is 0 Å². The standard InChI is InChI=1S/C27H15N3O12/c31-25(40-22-7-1-19(2-8-22)28(34)35)16-13-17(26(32)41-23-9-3-20(4-10-23)29(36)37)15-18(14-16)27(33)42-24-11-5-21(6-12-24)30(38)39/h1-15H. The predicted molar refractivity (Wildman–Crippen MR) is 141 cm³/mol. The number of carbonyl (C=O) groups excluding carboxylic acids is 3. The van der Waals surface area contributed by atoms with Crippen LogP contribution in [0.2, 0.25) is 0 Å². The fraction of sp³-hybridized carbons (Fsp3) is 0. The molecule has 0 aliphatic heterocycles. The van der Waals surface area contributed by atoms with Crippen molar-refractivity contribution >= 4 is 35.0 Å². The van der Waals surface area contributed by atoms with Crippen LogP contribution < -0.4 is 14.2 Å². The Kier molecular flexibility index (Phi) is 8.22. The molecule has 0 radical (unpaired) electrons. The molecule has 0 N–H and O–H groups in total. The molecule has 210 valence electrons. The van der Waals surface area contributed by atoms with E-state index in [1.807, 2.05) is 0 Å². The van der Waals surface area contributed by atoms with Crippen molar-refractivity contribution < 1.29 is 43.4 Å². The molecule has 0 aliphatic carbocycles. The minimum Gasteiger partial charge on any atom is -0.423 e. The van der Waals surface area contributed by atoms with Gasteiger partial charge in [-0.25, -0.2) is 14.4 Å². The maximum atomic E-state index is 12.9. The number of ether oxygens (including phenoxy) is 3. The van der Waals surface area contributed by atoms with E-state index in [0.29, 0.717) is 0 Å². The molecule has 0 unspecified atom stereocenters. The zero-order valence-corrected chi connectivity index (χ0v) is 20.9. The molecule has 0 amide bonds. The average Bonchev–Trinajstić information content (AvgIpc) is 2.97. The Balaban J connectivity index is 1.63. The summed E-state index contributed by atoms with van der Waals surface area (Å²) < 4.78 is 15.7. The fourth-order valence-electron chi connectivity index (χ4n) is 3.39. The van der Waals surface area contributed by atoms with Crippen molar-refractivity contribution in [1.29, 1.82) is 0 Å². The van der Waals surface area contributed by atoms with Gasteiger partial charge in [0.25, 0.3) is 17.1 Å². The number of non-ortho nitro benzene ring substituents is 3. The number of nitro benzene ring substituents is 3. The Bertz CT molecular complexity index is 1500. The van der Waals surface area contributed by atoms with Gasteiger partial charge in [0.2, 0.25) is 0 Å². The van der Waals surface area contributed by atoms with Gasteiger partial charge in [-0.15, -0.1) is 0 Å². The fourth-order valence-corrected chi connectivity index (χ4v) is 3.39. The van der Waals surface area contributed by atoms with Gasteiger partial charge in [-0.05, 0) is 54.6 Å². The van der Waals surface area contributed by atoms with Crippen LogP contribution in [0.3, 0.4) is 0 Å². The van der Waals surface area contributed by atoms with Gasteiger partial charge in [0.1, 0.15) is 17.2 Å². The first-order valence-corrected chi connectivity index (χ1v) is 11.5. The minimum atomic E-state index is -1.04. The molecule has 4 aromatic rings. The Labute approximate surface area is 233 Å². The molecule has 0 atom stereocenters. The first kappa shape index (κ1) is 28.5. The zero-order valence-electron chi connectivity index (χ0n) is 20.9. The van der Waals surface area contributed by atoms with Crippen molar-refractivity contribution in [2.45, 2.75) is 0 Å². The van der Waals surface area contributed by atoms with Crippen molar-refractivity contribution in [2.75, 3.05) is 0 Å². The number of nitrogens with zero attached hydrogens (tertiary/aromatic N) is 3. The molecule has 0 saturated heterocycles. The van der Waals surface area contributed by atoms with Gasteiger partial charge < -0.3 is 14.2 Å². The molecule has 0 bridgehead atoms. The van der Waals surface area contributed by atoms with Crippen LogP contribution in [0.15, 0.2) is 91.0 Å². The summed E-state index contributed by atoms with van der Waals surface area (Å²) in [6, 6.07) is 16.8. The highest BCUT2D eigenvalue weighted by molar-refractivity contribution is 6.01. The number of carbonyl (C=O) groups is 3. The molecule has 4 aromatic carbocycles. The van der Waals surface area contributed by atoms with Crippen LogP contribution in [0.4, 0.5) is 17.1 Å². The summed E-state index contributed by atoms with van der Waals surface area (Å²) in [6.45, 7) is 0. The molecule has 15 nitrogen and oxygen atoms in total. The van der Waals surface area contributed by atoms with Crippen LogP contribution in [0, 0.1) is 30.3 Å². The highest BCUT2D eigenvalue weighted by Crippen LogP contribution is 2.23. The van der Waals surface area contributed by atoms with Gasteiger partial charge in [-0.2, -0.15) is 0 Å². The molecule has 0 saturated carbocycles. The van der Waals surface area contributed by atoms with Gasteiger partial charge >= 0.3 is 17.9 Å². The predicted octanol–water partition coefficient (Wildman–Crippen LogP) is 5.07. The van der Waals surface area contributed by atoms with Gasteiger partial charge in [-0.3, -0.25) is 30.3 Å². The molecule has 0 aliphatic rings. The molecule has 42 heavy (non-hydrogen) atoms. The first-order chi connectivity index (χ1) is 20.0. The van der Waals surface area contributed by atoms with Crippen LogP contribution >= 0.6 is 0 Å². The van der Waals surface area contributed by atoms with E-state index in [-0.39, 0.29) is 51.0 Å². The Morgan fingerprint density at radius 3 is 0.833 bits per heavy atom. The van der Waals surface area contributed by atoms with E-state index in [2.05, 4.69) is 0 Å². The Hall–Kier alpha value is -6.51. The summed E-state index contributed by atoms with van der Waals surface area (Å²) in [4.78, 5) is 69.4. The first-order valence-electron chi connectivity index (χ1n) is 11.5. The SMILES string of the molecule is O=C(Oc1ccc([N+](=O)[O-])cc1)c1cc(C(=O)Oc2ccc([N+](=O)[O-])cc2)cc(C(=O)Oc2ccc([N+](=O)[O-])cc2)c1. The Morgan fingerprint density at radius 1 is 0.429 bits per heavy atom. The van der Waals surface area contributed by atoms with Crippen molar-refractivity contribution in [3.8, 4) is 17.2 Å². The number of esters is 3. The second-order valence-corrected chi connectivity index (χ2v) is 8.22. The quantitative estimate of drug-likeness (QED) is 0.111. The highest BCUT2D eigenvalue weighted by Gasteiger charge is 2.21. The molecular formula is C27H15N3O12. The summed E-state index contributed by atoms with van der Waals surface area (Å²) in [6.07, 6.45) is 0. The number of rotatable bonds is 9. The summed E-state index contributed by atoms with van der Waals surface area (Å²) in [5.41, 5.74) is -1.65. The lowest BCUT2D eigenvalue weighted by molar-refractivity contribution is -0.385. The largest absolute Gasteiger partial charge is 0.423 e. The van der Waals surface area contributed by atoms with E-state index in [1.165, 1.54) is 36.4 Å². The van der Waals surface area contributed by atoms with E-state index >= 15 is 0 Å². The molecule has 0 heterocycles. The summed E-state index contributed by atoms with van der Waals surface area (Å²) in [5.74, 6) is -3.34. The second kappa shape index (κ2) is 12.1. The summed E-state index contributed by atoms with van der Waals surface area (Å²) >= 11 is 0. The average molecular weight is 573 g/mol. The van der Waals surface area contributed by atoms with Crippen LogP contribution in [-0.2, 0) is 0 Å². The maximum absolute atomic E-state index is 12.9. The van der Waals surface area contributed by atoms with Crippen molar-refractivity contribution in [2.24, 2.45) is 0 Å². The molecule has 0 aromatic heterocycles. The van der Waals surface area contributed by atoms with Crippen LogP contribution in [-0.4, -0.2) is 32.7 Å². The zero-order chi connectivity index (χ0) is 30.4. The van der Waals surface area contributed by atoms with E-state index in [0.717, 1.165) is 54.6 Å². The monoisotopic (exact) mass is 573 g/mol. The summed E-state index contributed by atoms with van der Waals surface area (Å²) in [7, 11) is 0. The Morgan fingerprint density at radius 2 is 0.643 bits per heavy atom. The molecule has 15 heteroatoms. The summed E-state index contributed by atoms with van der Waals surface area (Å²) in [5, 5.41) is 32.6. The lowest BCUT2D eigenvalue weighted by atomic mass is 10.1. The van der Waals surface area contributed by atoms with E-state index in [4.69, 9.17) is 14.2 Å². The normalized spacial score (nSPS) is 10.3. The van der Waals surface area contributed by atoms with Crippen molar-refractivity contribution in [3.05, 3.63) is 138 Å². The molecular weight excluding hydrogens is 558 g/mol. The molecule has 4 rings (SSSR count). The molecule has 0 spiro atoms. The van der Waals surface area contributed by atoms with Crippen LogP contribution in [0.5, 0.6) is 17.2 Å². The van der Waals surface area contributed by atoms with E-state index in [9.17, 15) is 44.7 Å². The van der Waals surface area contributed by atoms with Gasteiger partial charge in [-0.1, -0.05) is 0 Å². The lowest BCUT2D eigenvalue weighted by Crippen LogP contribution is -2.16. The van der Waals surface area contributed by atoms with E-state index < -0.39 is 32.7 Å². The number of hydrogen-bond donors (Lipinski definition) is 0.